The molecule has 2 heterocycles. The number of hydrogen-bond acceptors (Lipinski definition) is 5. The van der Waals surface area contributed by atoms with Crippen LogP contribution >= 0.6 is 0 Å². The van der Waals surface area contributed by atoms with Crippen LogP contribution in [0.3, 0.4) is 0 Å². The van der Waals surface area contributed by atoms with Crippen LogP contribution in [0.5, 0.6) is 0 Å². The molecule has 0 aliphatic carbocycles. The van der Waals surface area contributed by atoms with Gasteiger partial charge in [-0.3, -0.25) is 9.59 Å². The molecule has 2 aromatic rings. The molecular weight excluding hydrogens is 442 g/mol. The SMILES string of the molecule is CCCOCCCN(C)CCN(C)C(=O)c1c(C)[nH]c(/C=C2\C(=O)Nc3c(N)cc(C)cc32)c1C. The van der Waals surface area contributed by atoms with E-state index < -0.39 is 0 Å². The van der Waals surface area contributed by atoms with E-state index in [0.717, 1.165) is 67.2 Å². The van der Waals surface area contributed by atoms with Gasteiger partial charge >= 0.3 is 0 Å². The van der Waals surface area contributed by atoms with Crippen molar-refractivity contribution in [2.75, 3.05) is 58.0 Å². The molecule has 0 spiro atoms. The molecule has 0 radical (unpaired) electrons. The molecule has 8 nitrogen and oxygen atoms in total. The number of ether oxygens (including phenoxy) is 1. The van der Waals surface area contributed by atoms with Gasteiger partial charge in [0.2, 0.25) is 0 Å². The summed E-state index contributed by atoms with van der Waals surface area (Å²) in [5, 5.41) is 2.86. The third kappa shape index (κ3) is 6.13. The molecule has 0 bridgehead atoms. The highest BCUT2D eigenvalue weighted by atomic mass is 16.5. The fourth-order valence-electron chi connectivity index (χ4n) is 4.40. The highest BCUT2D eigenvalue weighted by Crippen LogP contribution is 2.38. The van der Waals surface area contributed by atoms with Crippen molar-refractivity contribution in [1.82, 2.24) is 14.8 Å². The third-order valence-corrected chi connectivity index (χ3v) is 6.41. The minimum absolute atomic E-state index is 0.0306. The number of likely N-dealkylation sites (N-methyl/N-ethyl adjacent to an activating group) is 2. The number of carbonyl (C=O) groups excluding carboxylic acids is 2. The molecule has 0 saturated heterocycles. The summed E-state index contributed by atoms with van der Waals surface area (Å²) in [6.07, 6.45) is 3.83. The number of nitrogens with two attached hydrogens (primary N) is 1. The monoisotopic (exact) mass is 481 g/mol. The molecule has 4 N–H and O–H groups in total. The summed E-state index contributed by atoms with van der Waals surface area (Å²) in [4.78, 5) is 33.2. The van der Waals surface area contributed by atoms with E-state index in [2.05, 4.69) is 29.2 Å². The van der Waals surface area contributed by atoms with Crippen LogP contribution in [0.15, 0.2) is 12.1 Å². The Morgan fingerprint density at radius 3 is 2.57 bits per heavy atom. The lowest BCUT2D eigenvalue weighted by Crippen LogP contribution is -2.35. The smallest absolute Gasteiger partial charge is 0.256 e. The van der Waals surface area contributed by atoms with Crippen molar-refractivity contribution in [2.24, 2.45) is 0 Å². The second kappa shape index (κ2) is 11.6. The fourth-order valence-corrected chi connectivity index (χ4v) is 4.40. The van der Waals surface area contributed by atoms with E-state index in [1.807, 2.05) is 46.0 Å². The van der Waals surface area contributed by atoms with Crippen LogP contribution in [-0.4, -0.2) is 73.5 Å². The standard InChI is InChI=1S/C27H39N5O3/c1-7-12-35-13-8-9-31(5)10-11-32(6)27(34)24-18(3)23(29-19(24)4)16-21-20-14-17(2)15-22(28)25(20)30-26(21)33/h14-16,29H,7-13,28H2,1-6H3,(H,30,33)/b21-16-. The predicted molar refractivity (Wildman–Crippen MR) is 143 cm³/mol. The molecule has 0 unspecified atom stereocenters. The quantitative estimate of drug-likeness (QED) is 0.257. The molecule has 0 fully saturated rings. The number of amides is 2. The van der Waals surface area contributed by atoms with Crippen LogP contribution in [0.2, 0.25) is 0 Å². The highest BCUT2D eigenvalue weighted by molar-refractivity contribution is 6.36. The second-order valence-electron chi connectivity index (χ2n) is 9.45. The van der Waals surface area contributed by atoms with Gasteiger partial charge in [-0.2, -0.15) is 0 Å². The number of anilines is 2. The summed E-state index contributed by atoms with van der Waals surface area (Å²) >= 11 is 0. The van der Waals surface area contributed by atoms with Crippen molar-refractivity contribution in [3.05, 3.63) is 45.8 Å². The number of fused-ring (bicyclic) bond motifs is 1. The first-order chi connectivity index (χ1) is 16.6. The maximum atomic E-state index is 13.3. The molecule has 3 rings (SSSR count). The van der Waals surface area contributed by atoms with Gasteiger partial charge in [0, 0.05) is 56.8 Å². The number of nitrogens with one attached hydrogen (secondary N) is 2. The van der Waals surface area contributed by atoms with Crippen molar-refractivity contribution in [3.8, 4) is 0 Å². The highest BCUT2D eigenvalue weighted by Gasteiger charge is 2.28. The average molecular weight is 482 g/mol. The molecule has 190 valence electrons. The van der Waals surface area contributed by atoms with Crippen LogP contribution in [0.25, 0.3) is 11.6 Å². The first-order valence-electron chi connectivity index (χ1n) is 12.3. The Kier molecular flexibility index (Phi) is 8.75. The number of nitrogen functional groups attached to an aromatic ring is 1. The predicted octanol–water partition coefficient (Wildman–Crippen LogP) is 3.84. The maximum absolute atomic E-state index is 13.3. The number of benzene rings is 1. The Labute approximate surface area is 208 Å². The summed E-state index contributed by atoms with van der Waals surface area (Å²) in [6, 6.07) is 3.79. The van der Waals surface area contributed by atoms with Gasteiger partial charge in [-0.15, -0.1) is 0 Å². The molecule has 35 heavy (non-hydrogen) atoms. The lowest BCUT2D eigenvalue weighted by Gasteiger charge is -2.22. The van der Waals surface area contributed by atoms with E-state index in [1.54, 1.807) is 4.90 Å². The summed E-state index contributed by atoms with van der Waals surface area (Å²) < 4.78 is 5.54. The van der Waals surface area contributed by atoms with Gasteiger partial charge in [0.05, 0.1) is 22.5 Å². The summed E-state index contributed by atoms with van der Waals surface area (Å²) in [7, 11) is 3.89. The number of aromatic amines is 1. The average Bonchev–Trinajstić information content (AvgIpc) is 3.27. The zero-order valence-corrected chi connectivity index (χ0v) is 21.9. The van der Waals surface area contributed by atoms with Gasteiger partial charge in [-0.05, 0) is 70.0 Å². The number of aromatic nitrogens is 1. The Balaban J connectivity index is 1.70. The van der Waals surface area contributed by atoms with Gasteiger partial charge in [0.15, 0.2) is 0 Å². The molecule has 0 saturated carbocycles. The first-order valence-corrected chi connectivity index (χ1v) is 12.3. The minimum Gasteiger partial charge on any atom is -0.397 e. The van der Waals surface area contributed by atoms with Crippen molar-refractivity contribution < 1.29 is 14.3 Å². The molecule has 8 heteroatoms. The van der Waals surface area contributed by atoms with E-state index in [4.69, 9.17) is 10.5 Å². The molecular formula is C27H39N5O3. The van der Waals surface area contributed by atoms with Crippen molar-refractivity contribution in [1.29, 1.82) is 0 Å². The molecule has 1 aliphatic heterocycles. The Morgan fingerprint density at radius 1 is 1.11 bits per heavy atom. The topological polar surface area (TPSA) is 104 Å². The lowest BCUT2D eigenvalue weighted by molar-refractivity contribution is -0.110. The van der Waals surface area contributed by atoms with Crippen molar-refractivity contribution >= 4 is 34.8 Å². The second-order valence-corrected chi connectivity index (χ2v) is 9.45. The summed E-state index contributed by atoms with van der Waals surface area (Å²) in [5.74, 6) is -0.228. The van der Waals surface area contributed by atoms with E-state index in [-0.39, 0.29) is 11.8 Å². The zero-order valence-electron chi connectivity index (χ0n) is 21.9. The van der Waals surface area contributed by atoms with Crippen LogP contribution in [0.1, 0.15) is 58.2 Å². The third-order valence-electron chi connectivity index (χ3n) is 6.41. The molecule has 0 atom stereocenters. The number of hydrogen-bond donors (Lipinski definition) is 3. The first kappa shape index (κ1) is 26.5. The Bertz CT molecular complexity index is 1120. The zero-order chi connectivity index (χ0) is 25.7. The van der Waals surface area contributed by atoms with Gasteiger partial charge in [-0.25, -0.2) is 0 Å². The van der Waals surface area contributed by atoms with Crippen LogP contribution in [-0.2, 0) is 9.53 Å². The van der Waals surface area contributed by atoms with Crippen LogP contribution < -0.4 is 11.1 Å². The van der Waals surface area contributed by atoms with Crippen LogP contribution in [0, 0.1) is 20.8 Å². The van der Waals surface area contributed by atoms with E-state index >= 15 is 0 Å². The van der Waals surface area contributed by atoms with E-state index in [1.165, 1.54) is 0 Å². The Morgan fingerprint density at radius 2 is 1.86 bits per heavy atom. The van der Waals surface area contributed by atoms with E-state index in [0.29, 0.717) is 29.1 Å². The number of H-pyrrole nitrogens is 1. The van der Waals surface area contributed by atoms with Gasteiger partial charge < -0.3 is 30.6 Å². The van der Waals surface area contributed by atoms with Crippen molar-refractivity contribution in [3.63, 3.8) is 0 Å². The lowest BCUT2D eigenvalue weighted by atomic mass is 10.0. The van der Waals surface area contributed by atoms with Gasteiger partial charge in [0.25, 0.3) is 11.8 Å². The summed E-state index contributed by atoms with van der Waals surface area (Å²) in [6.45, 7) is 11.8. The van der Waals surface area contributed by atoms with Crippen LogP contribution in [0.4, 0.5) is 11.4 Å². The number of nitrogens with zero attached hydrogens (tertiary/aromatic N) is 2. The van der Waals surface area contributed by atoms with E-state index in [9.17, 15) is 9.59 Å². The van der Waals surface area contributed by atoms with Gasteiger partial charge in [-0.1, -0.05) is 6.92 Å². The van der Waals surface area contributed by atoms with Gasteiger partial charge in [0.1, 0.15) is 0 Å². The maximum Gasteiger partial charge on any atom is 0.256 e. The Hall–Kier alpha value is -3.10. The summed E-state index contributed by atoms with van der Waals surface area (Å²) in [5.41, 5.74) is 12.6. The number of carbonyl (C=O) groups is 2. The molecule has 1 aromatic carbocycles. The molecule has 1 aromatic heterocycles. The molecule has 2 amide bonds. The minimum atomic E-state index is -0.197. The number of aryl methyl sites for hydroxylation is 2. The number of rotatable bonds is 11. The normalized spacial score (nSPS) is 14.0. The fraction of sp³-hybridized carbons (Fsp3) is 0.481. The molecule has 1 aliphatic rings. The van der Waals surface area contributed by atoms with Crippen molar-refractivity contribution in [2.45, 2.75) is 40.5 Å². The largest absolute Gasteiger partial charge is 0.397 e.